The SMILES string of the molecule is O=Cc1ccc(Oc2ccc(F)cc2F)c(C(F)(F)F)c1. The summed E-state index contributed by atoms with van der Waals surface area (Å²) in [6.45, 7) is 0. The third-order valence-electron chi connectivity index (χ3n) is 2.56. The highest BCUT2D eigenvalue weighted by Crippen LogP contribution is 2.39. The topological polar surface area (TPSA) is 26.3 Å². The molecule has 0 heterocycles. The molecule has 0 saturated heterocycles. The molecule has 0 unspecified atom stereocenters. The second kappa shape index (κ2) is 5.51. The molecular weight excluding hydrogens is 295 g/mol. The summed E-state index contributed by atoms with van der Waals surface area (Å²) >= 11 is 0. The number of aldehydes is 1. The van der Waals surface area contributed by atoms with Gasteiger partial charge < -0.3 is 4.74 Å². The molecule has 2 nitrogen and oxygen atoms in total. The molecular formula is C14H7F5O2. The largest absolute Gasteiger partial charge is 0.454 e. The molecule has 0 radical (unpaired) electrons. The van der Waals surface area contributed by atoms with Gasteiger partial charge in [0, 0.05) is 11.6 Å². The maximum atomic E-state index is 13.4. The standard InChI is InChI=1S/C14H7F5O2/c15-9-2-4-13(11(16)6-9)21-12-3-1-8(7-20)5-10(12)14(17,18)19/h1-7H. The third kappa shape index (κ3) is 3.36. The van der Waals surface area contributed by atoms with Crippen LogP contribution in [0.1, 0.15) is 15.9 Å². The number of carbonyl (C=O) groups excluding carboxylic acids is 1. The first kappa shape index (κ1) is 15.0. The predicted molar refractivity (Wildman–Crippen MR) is 63.3 cm³/mol. The van der Waals surface area contributed by atoms with Crippen molar-refractivity contribution in [2.45, 2.75) is 6.18 Å². The van der Waals surface area contributed by atoms with E-state index >= 15 is 0 Å². The summed E-state index contributed by atoms with van der Waals surface area (Å²) in [5, 5.41) is 0. The van der Waals surface area contributed by atoms with Crippen molar-refractivity contribution in [2.75, 3.05) is 0 Å². The first-order valence-corrected chi connectivity index (χ1v) is 5.60. The van der Waals surface area contributed by atoms with Crippen LogP contribution >= 0.6 is 0 Å². The Morgan fingerprint density at radius 2 is 1.62 bits per heavy atom. The fourth-order valence-electron chi connectivity index (χ4n) is 1.61. The minimum atomic E-state index is -4.79. The molecule has 0 aliphatic rings. The minimum Gasteiger partial charge on any atom is -0.454 e. The van der Waals surface area contributed by atoms with Crippen molar-refractivity contribution in [3.05, 3.63) is 59.2 Å². The van der Waals surface area contributed by atoms with Crippen molar-refractivity contribution in [3.8, 4) is 11.5 Å². The Labute approximate surface area is 115 Å². The molecule has 2 aromatic carbocycles. The number of alkyl halides is 3. The highest BCUT2D eigenvalue weighted by molar-refractivity contribution is 5.75. The second-order valence-electron chi connectivity index (χ2n) is 4.05. The number of hydrogen-bond donors (Lipinski definition) is 0. The molecule has 0 N–H and O–H groups in total. The molecule has 2 aromatic rings. The molecule has 0 saturated carbocycles. The lowest BCUT2D eigenvalue weighted by Gasteiger charge is -2.14. The number of halogens is 5. The van der Waals surface area contributed by atoms with E-state index in [-0.39, 0.29) is 11.8 Å². The molecule has 7 heteroatoms. The average Bonchev–Trinajstić information content (AvgIpc) is 2.41. The molecule has 0 bridgehead atoms. The summed E-state index contributed by atoms with van der Waals surface area (Å²) in [4.78, 5) is 10.5. The van der Waals surface area contributed by atoms with Crippen LogP contribution in [0.5, 0.6) is 11.5 Å². The van der Waals surface area contributed by atoms with Gasteiger partial charge in [-0.1, -0.05) is 0 Å². The molecule has 0 amide bonds. The number of hydrogen-bond acceptors (Lipinski definition) is 2. The van der Waals surface area contributed by atoms with Crippen molar-refractivity contribution in [3.63, 3.8) is 0 Å². The fourth-order valence-corrected chi connectivity index (χ4v) is 1.61. The molecule has 0 aliphatic heterocycles. The van der Waals surface area contributed by atoms with Crippen LogP contribution in [0.2, 0.25) is 0 Å². The average molecular weight is 302 g/mol. The Bertz CT molecular complexity index is 680. The summed E-state index contributed by atoms with van der Waals surface area (Å²) in [7, 11) is 0. The highest BCUT2D eigenvalue weighted by atomic mass is 19.4. The van der Waals surface area contributed by atoms with Crippen molar-refractivity contribution >= 4 is 6.29 Å². The zero-order valence-corrected chi connectivity index (χ0v) is 10.2. The van der Waals surface area contributed by atoms with Gasteiger partial charge in [-0.2, -0.15) is 13.2 Å². The van der Waals surface area contributed by atoms with E-state index in [9.17, 15) is 26.7 Å². The molecule has 0 fully saturated rings. The van der Waals surface area contributed by atoms with Crippen LogP contribution in [0, 0.1) is 11.6 Å². The molecule has 21 heavy (non-hydrogen) atoms. The summed E-state index contributed by atoms with van der Waals surface area (Å²) < 4.78 is 69.6. The third-order valence-corrected chi connectivity index (χ3v) is 2.56. The summed E-state index contributed by atoms with van der Waals surface area (Å²) in [5.74, 6) is -3.26. The number of benzene rings is 2. The van der Waals surface area contributed by atoms with Gasteiger partial charge in [-0.05, 0) is 30.3 Å². The molecule has 110 valence electrons. The van der Waals surface area contributed by atoms with Gasteiger partial charge in [0.05, 0.1) is 5.56 Å². The number of carbonyl (C=O) groups is 1. The van der Waals surface area contributed by atoms with Crippen molar-refractivity contribution < 1.29 is 31.5 Å². The van der Waals surface area contributed by atoms with Crippen molar-refractivity contribution in [1.82, 2.24) is 0 Å². The molecule has 0 atom stereocenters. The van der Waals surface area contributed by atoms with Gasteiger partial charge in [-0.25, -0.2) is 8.78 Å². The van der Waals surface area contributed by atoms with Crippen LogP contribution in [0.25, 0.3) is 0 Å². The van der Waals surface area contributed by atoms with E-state index in [0.717, 1.165) is 24.3 Å². The first-order valence-electron chi connectivity index (χ1n) is 5.60. The summed E-state index contributed by atoms with van der Waals surface area (Å²) in [6, 6.07) is 4.80. The van der Waals surface area contributed by atoms with Crippen LogP contribution in [0.3, 0.4) is 0 Å². The van der Waals surface area contributed by atoms with Gasteiger partial charge in [0.15, 0.2) is 11.6 Å². The Morgan fingerprint density at radius 1 is 0.952 bits per heavy atom. The monoisotopic (exact) mass is 302 g/mol. The Morgan fingerprint density at radius 3 is 2.19 bits per heavy atom. The predicted octanol–water partition coefficient (Wildman–Crippen LogP) is 4.59. The highest BCUT2D eigenvalue weighted by Gasteiger charge is 2.35. The van der Waals surface area contributed by atoms with Gasteiger partial charge in [-0.15, -0.1) is 0 Å². The van der Waals surface area contributed by atoms with Crippen LogP contribution in [0.15, 0.2) is 36.4 Å². The number of rotatable bonds is 3. The van der Waals surface area contributed by atoms with Gasteiger partial charge in [0.2, 0.25) is 0 Å². The van der Waals surface area contributed by atoms with E-state index in [1.54, 1.807) is 0 Å². The summed E-state index contributed by atoms with van der Waals surface area (Å²) in [5.41, 5.74) is -1.43. The zero-order chi connectivity index (χ0) is 15.6. The second-order valence-corrected chi connectivity index (χ2v) is 4.05. The van der Waals surface area contributed by atoms with E-state index in [1.807, 2.05) is 0 Å². The van der Waals surface area contributed by atoms with E-state index in [1.165, 1.54) is 0 Å². The zero-order valence-electron chi connectivity index (χ0n) is 10.2. The van der Waals surface area contributed by atoms with Crippen LogP contribution in [-0.4, -0.2) is 6.29 Å². The normalized spacial score (nSPS) is 11.3. The molecule has 0 aliphatic carbocycles. The van der Waals surface area contributed by atoms with Gasteiger partial charge in [0.1, 0.15) is 17.9 Å². The lowest BCUT2D eigenvalue weighted by Crippen LogP contribution is -2.08. The van der Waals surface area contributed by atoms with Crippen LogP contribution < -0.4 is 4.74 Å². The van der Waals surface area contributed by atoms with Crippen molar-refractivity contribution in [2.24, 2.45) is 0 Å². The maximum Gasteiger partial charge on any atom is 0.420 e. The lowest BCUT2D eigenvalue weighted by molar-refractivity contribution is -0.138. The van der Waals surface area contributed by atoms with Crippen LogP contribution in [-0.2, 0) is 6.18 Å². The maximum absolute atomic E-state index is 13.4. The Kier molecular flexibility index (Phi) is 3.93. The minimum absolute atomic E-state index is 0.200. The molecule has 0 aromatic heterocycles. The molecule has 2 rings (SSSR count). The number of ether oxygens (including phenoxy) is 1. The van der Waals surface area contributed by atoms with E-state index in [0.29, 0.717) is 12.1 Å². The lowest BCUT2D eigenvalue weighted by atomic mass is 10.1. The van der Waals surface area contributed by atoms with Gasteiger partial charge >= 0.3 is 6.18 Å². The van der Waals surface area contributed by atoms with Crippen molar-refractivity contribution in [1.29, 1.82) is 0 Å². The Hall–Kier alpha value is -2.44. The van der Waals surface area contributed by atoms with E-state index in [2.05, 4.69) is 0 Å². The quantitative estimate of drug-likeness (QED) is 0.612. The van der Waals surface area contributed by atoms with Gasteiger partial charge in [0.25, 0.3) is 0 Å². The molecule has 0 spiro atoms. The fraction of sp³-hybridized carbons (Fsp3) is 0.0714. The van der Waals surface area contributed by atoms with Crippen LogP contribution in [0.4, 0.5) is 22.0 Å². The summed E-state index contributed by atoms with van der Waals surface area (Å²) in [6.07, 6.45) is -4.54. The van der Waals surface area contributed by atoms with E-state index < -0.39 is 34.9 Å². The first-order chi connectivity index (χ1) is 9.81. The smallest absolute Gasteiger partial charge is 0.420 e. The van der Waals surface area contributed by atoms with Gasteiger partial charge in [-0.3, -0.25) is 4.79 Å². The Balaban J connectivity index is 2.46. The van der Waals surface area contributed by atoms with E-state index in [4.69, 9.17) is 4.74 Å².